The van der Waals surface area contributed by atoms with Crippen molar-refractivity contribution in [3.05, 3.63) is 255 Å². The van der Waals surface area contributed by atoms with Crippen molar-refractivity contribution >= 4 is 71.3 Å². The van der Waals surface area contributed by atoms with Gasteiger partial charge in [0.15, 0.2) is 5.58 Å². The van der Waals surface area contributed by atoms with Gasteiger partial charge in [0.1, 0.15) is 5.52 Å². The van der Waals surface area contributed by atoms with Gasteiger partial charge < -0.3 is 9.32 Å². The van der Waals surface area contributed by atoms with E-state index in [1.54, 1.807) is 0 Å². The molecule has 13 rings (SSSR count). The lowest BCUT2D eigenvalue weighted by Crippen LogP contribution is -2.11. The topological polar surface area (TPSA) is 29.3 Å². The molecule has 0 aliphatic carbocycles. The van der Waals surface area contributed by atoms with Gasteiger partial charge in [-0.3, -0.25) is 0 Å². The third-order valence-electron chi connectivity index (χ3n) is 13.4. The highest BCUT2D eigenvalue weighted by Gasteiger charge is 2.20. The van der Waals surface area contributed by atoms with E-state index in [0.717, 1.165) is 77.7 Å². The number of anilines is 3. The highest BCUT2D eigenvalue weighted by atomic mass is 16.3. The Hall–Kier alpha value is -9.05. The minimum Gasteiger partial charge on any atom is -0.435 e. The molecule has 0 saturated carbocycles. The zero-order valence-corrected chi connectivity index (χ0v) is 37.1. The van der Waals surface area contributed by atoms with Gasteiger partial charge in [0.25, 0.3) is 0 Å². The van der Waals surface area contributed by atoms with E-state index in [-0.39, 0.29) is 0 Å². The normalized spacial score (nSPS) is 11.5. The number of hydrogen-bond donors (Lipinski definition) is 0. The second-order valence-electron chi connectivity index (χ2n) is 17.5. The van der Waals surface area contributed by atoms with Gasteiger partial charge in [-0.1, -0.05) is 194 Å². The molecule has 0 atom stereocenters. The molecular weight excluding hydrogens is 825 g/mol. The van der Waals surface area contributed by atoms with E-state index < -0.39 is 0 Å². The van der Waals surface area contributed by atoms with Crippen LogP contribution in [0.2, 0.25) is 0 Å². The van der Waals surface area contributed by atoms with Crippen LogP contribution in [0.4, 0.5) is 17.1 Å². The van der Waals surface area contributed by atoms with Gasteiger partial charge in [0.2, 0.25) is 5.89 Å². The second-order valence-corrected chi connectivity index (χ2v) is 17.5. The zero-order chi connectivity index (χ0) is 45.0. The van der Waals surface area contributed by atoms with E-state index in [1.807, 2.05) is 0 Å². The summed E-state index contributed by atoms with van der Waals surface area (Å²) < 4.78 is 6.61. The molecule has 0 radical (unpaired) electrons. The van der Waals surface area contributed by atoms with Crippen molar-refractivity contribution < 1.29 is 4.42 Å². The lowest BCUT2D eigenvalue weighted by Gasteiger charge is -2.28. The van der Waals surface area contributed by atoms with Gasteiger partial charge in [-0.15, -0.1) is 0 Å². The van der Waals surface area contributed by atoms with Gasteiger partial charge in [-0.2, -0.15) is 0 Å². The highest BCUT2D eigenvalue weighted by molar-refractivity contribution is 6.10. The summed E-state index contributed by atoms with van der Waals surface area (Å²) in [5.41, 5.74) is 15.2. The molecule has 0 N–H and O–H groups in total. The Balaban J connectivity index is 0.934. The fraction of sp³-hybridized carbons (Fsp3) is 0. The number of rotatable bonds is 8. The van der Waals surface area contributed by atoms with Crippen molar-refractivity contribution in [2.24, 2.45) is 0 Å². The van der Waals surface area contributed by atoms with Crippen LogP contribution < -0.4 is 4.90 Å². The van der Waals surface area contributed by atoms with Crippen molar-refractivity contribution in [3.8, 4) is 56.0 Å². The Morgan fingerprint density at radius 2 is 0.897 bits per heavy atom. The standard InChI is InChI=1S/C65H42N2O/c1-2-14-43(15-3-1)49-22-11-24-55(41-49)67(54-34-32-46(33-35-54)57-27-12-20-45-17-6-8-25-56(45)57)63-42-53(40-51-19-7-9-26-59(51)63)48-21-10-23-50(38-48)58-28-13-29-61-60(58)36-37-62-64(61)68-65(66-62)52-31-30-44-16-4-5-18-47(44)39-52/h1-42H. The first-order valence-electron chi connectivity index (χ1n) is 23.2. The molecule has 13 aromatic rings. The van der Waals surface area contributed by atoms with Crippen LogP contribution in [0, 0.1) is 0 Å². The third kappa shape index (κ3) is 6.97. The van der Waals surface area contributed by atoms with Gasteiger partial charge >= 0.3 is 0 Å². The fourth-order valence-corrected chi connectivity index (χ4v) is 10.1. The van der Waals surface area contributed by atoms with Crippen LogP contribution in [0.5, 0.6) is 0 Å². The van der Waals surface area contributed by atoms with Crippen LogP contribution in [0.25, 0.3) is 110 Å². The van der Waals surface area contributed by atoms with Crippen molar-refractivity contribution in [2.45, 2.75) is 0 Å². The largest absolute Gasteiger partial charge is 0.435 e. The average Bonchev–Trinajstić information content (AvgIpc) is 3.87. The van der Waals surface area contributed by atoms with Crippen LogP contribution in [-0.2, 0) is 0 Å². The predicted molar refractivity (Wildman–Crippen MR) is 286 cm³/mol. The van der Waals surface area contributed by atoms with Crippen molar-refractivity contribution in [1.82, 2.24) is 4.98 Å². The maximum Gasteiger partial charge on any atom is 0.227 e. The fourth-order valence-electron chi connectivity index (χ4n) is 10.1. The third-order valence-corrected chi connectivity index (χ3v) is 13.4. The molecule has 0 fully saturated rings. The first-order valence-corrected chi connectivity index (χ1v) is 23.2. The number of benzene rings is 12. The van der Waals surface area contributed by atoms with E-state index in [9.17, 15) is 0 Å². The molecule has 318 valence electrons. The summed E-state index contributed by atoms with van der Waals surface area (Å²) in [6.07, 6.45) is 0. The van der Waals surface area contributed by atoms with Gasteiger partial charge in [0.05, 0.1) is 5.69 Å². The molecule has 3 nitrogen and oxygen atoms in total. The molecule has 1 aromatic heterocycles. The van der Waals surface area contributed by atoms with E-state index in [2.05, 4.69) is 260 Å². The van der Waals surface area contributed by atoms with Crippen LogP contribution in [-0.4, -0.2) is 4.98 Å². The van der Waals surface area contributed by atoms with Crippen molar-refractivity contribution in [3.63, 3.8) is 0 Å². The summed E-state index contributed by atoms with van der Waals surface area (Å²) >= 11 is 0. The van der Waals surface area contributed by atoms with Crippen LogP contribution in [0.1, 0.15) is 0 Å². The monoisotopic (exact) mass is 866 g/mol. The van der Waals surface area contributed by atoms with Crippen LogP contribution >= 0.6 is 0 Å². The average molecular weight is 867 g/mol. The summed E-state index contributed by atoms with van der Waals surface area (Å²) in [6, 6.07) is 91.7. The van der Waals surface area contributed by atoms with E-state index >= 15 is 0 Å². The molecule has 0 aliphatic heterocycles. The predicted octanol–water partition coefficient (Wildman–Crippen LogP) is 18.2. The van der Waals surface area contributed by atoms with Gasteiger partial charge in [-0.25, -0.2) is 4.98 Å². The number of oxazole rings is 1. The SMILES string of the molecule is c1ccc(-c2cccc(N(c3ccc(-c4cccc5ccccc45)cc3)c3cc(-c4cccc(-c5cccc6c5ccc5nc(-c7ccc8ccccc8c7)oc56)c4)cc4ccccc34)c2)cc1. The Morgan fingerprint density at radius 3 is 1.75 bits per heavy atom. The molecule has 0 amide bonds. The lowest BCUT2D eigenvalue weighted by atomic mass is 9.93. The lowest BCUT2D eigenvalue weighted by molar-refractivity contribution is 0.623. The van der Waals surface area contributed by atoms with Gasteiger partial charge in [-0.05, 0) is 137 Å². The Bertz CT molecular complexity index is 4030. The van der Waals surface area contributed by atoms with Crippen molar-refractivity contribution in [2.75, 3.05) is 4.90 Å². The molecular formula is C65H42N2O. The summed E-state index contributed by atoms with van der Waals surface area (Å²) in [4.78, 5) is 7.39. The van der Waals surface area contributed by atoms with Crippen LogP contribution in [0.15, 0.2) is 259 Å². The van der Waals surface area contributed by atoms with Crippen LogP contribution in [0.3, 0.4) is 0 Å². The number of aromatic nitrogens is 1. The number of hydrogen-bond acceptors (Lipinski definition) is 3. The Labute approximate surface area is 394 Å². The molecule has 12 aromatic carbocycles. The number of fused-ring (bicyclic) bond motifs is 6. The molecule has 1 heterocycles. The molecule has 0 unspecified atom stereocenters. The van der Waals surface area contributed by atoms with Crippen molar-refractivity contribution in [1.29, 1.82) is 0 Å². The second kappa shape index (κ2) is 16.4. The summed E-state index contributed by atoms with van der Waals surface area (Å²) in [5.74, 6) is 0.624. The quantitative estimate of drug-likeness (QED) is 0.152. The first kappa shape index (κ1) is 39.3. The molecule has 68 heavy (non-hydrogen) atoms. The molecule has 0 aliphatic rings. The summed E-state index contributed by atoms with van der Waals surface area (Å²) in [6.45, 7) is 0. The van der Waals surface area contributed by atoms with E-state index in [4.69, 9.17) is 9.40 Å². The maximum atomic E-state index is 6.61. The first-order chi connectivity index (χ1) is 33.7. The van der Waals surface area contributed by atoms with E-state index in [0.29, 0.717) is 5.89 Å². The molecule has 0 saturated heterocycles. The maximum absolute atomic E-state index is 6.61. The Morgan fingerprint density at radius 1 is 0.294 bits per heavy atom. The van der Waals surface area contributed by atoms with Gasteiger partial charge in [0, 0.05) is 27.7 Å². The molecule has 3 heteroatoms. The zero-order valence-electron chi connectivity index (χ0n) is 37.1. The minimum atomic E-state index is 0.624. The minimum absolute atomic E-state index is 0.624. The number of nitrogens with zero attached hydrogens (tertiary/aromatic N) is 2. The summed E-state index contributed by atoms with van der Waals surface area (Å²) in [5, 5.41) is 9.34. The van der Waals surface area contributed by atoms with E-state index in [1.165, 1.54) is 43.6 Å². The summed E-state index contributed by atoms with van der Waals surface area (Å²) in [7, 11) is 0. The highest BCUT2D eigenvalue weighted by Crippen LogP contribution is 2.44. The smallest absolute Gasteiger partial charge is 0.227 e. The molecule has 0 bridgehead atoms. The Kier molecular flexibility index (Phi) is 9.50. The molecule has 0 spiro atoms.